The zero-order chi connectivity index (χ0) is 23.5. The number of hydrogen-bond acceptors (Lipinski definition) is 5. The molecule has 0 spiro atoms. The first-order chi connectivity index (χ1) is 16.5. The van der Waals surface area contributed by atoms with E-state index in [1.807, 2.05) is 18.2 Å². The third kappa shape index (κ3) is 5.08. The number of fused-ring (bicyclic) bond motifs is 1. The molecule has 1 aliphatic carbocycles. The summed E-state index contributed by atoms with van der Waals surface area (Å²) in [6.07, 6.45) is 10.7. The third-order valence-corrected chi connectivity index (χ3v) is 9.56. The van der Waals surface area contributed by atoms with Crippen LogP contribution >= 0.6 is 0 Å². The van der Waals surface area contributed by atoms with Crippen LogP contribution in [0.4, 0.5) is 5.82 Å². The van der Waals surface area contributed by atoms with Crippen molar-refractivity contribution in [1.29, 1.82) is 0 Å². The molecule has 1 atom stereocenters. The zero-order valence-corrected chi connectivity index (χ0v) is 20.7. The number of benzene rings is 1. The molecule has 3 fully saturated rings. The monoisotopic (exact) mass is 484 g/mol. The smallest absolute Gasteiger partial charge is 0.243 e. The number of carbonyl (C=O) groups excluding carboxylic acids is 1. The summed E-state index contributed by atoms with van der Waals surface area (Å²) in [5.41, 5.74) is 0.781. The van der Waals surface area contributed by atoms with Crippen molar-refractivity contribution in [3.05, 3.63) is 30.3 Å². The van der Waals surface area contributed by atoms with Crippen LogP contribution < -0.4 is 10.2 Å². The molecule has 1 aromatic carbocycles. The highest BCUT2D eigenvalue weighted by Gasteiger charge is 2.29. The normalized spacial score (nSPS) is 23.2. The Morgan fingerprint density at radius 1 is 0.882 bits per heavy atom. The van der Waals surface area contributed by atoms with Crippen molar-refractivity contribution in [2.45, 2.75) is 75.1 Å². The maximum Gasteiger partial charge on any atom is 0.243 e. The van der Waals surface area contributed by atoms with Crippen molar-refractivity contribution in [2.75, 3.05) is 31.1 Å². The molecule has 1 saturated carbocycles. The van der Waals surface area contributed by atoms with Gasteiger partial charge >= 0.3 is 0 Å². The van der Waals surface area contributed by atoms with E-state index in [1.54, 1.807) is 16.4 Å². The summed E-state index contributed by atoms with van der Waals surface area (Å²) in [5.74, 6) is 1.03. The Labute approximate surface area is 203 Å². The second-order valence-corrected chi connectivity index (χ2v) is 12.1. The molecule has 0 bridgehead atoms. The highest BCUT2D eigenvalue weighted by atomic mass is 32.2. The summed E-state index contributed by atoms with van der Waals surface area (Å²) in [5, 5.41) is 4.12. The number of rotatable bonds is 5. The topological polar surface area (TPSA) is 82.6 Å². The Bertz CT molecular complexity index is 1120. The van der Waals surface area contributed by atoms with Gasteiger partial charge in [-0.3, -0.25) is 4.79 Å². The molecule has 2 aromatic rings. The molecule has 1 amide bonds. The average Bonchev–Trinajstić information content (AvgIpc) is 2.89. The number of hydrogen-bond donors (Lipinski definition) is 1. The zero-order valence-electron chi connectivity index (χ0n) is 19.9. The van der Waals surface area contributed by atoms with E-state index in [0.29, 0.717) is 30.6 Å². The number of anilines is 1. The molecule has 3 heterocycles. The quantitative estimate of drug-likeness (QED) is 0.692. The van der Waals surface area contributed by atoms with Crippen molar-refractivity contribution < 1.29 is 13.2 Å². The molecule has 3 aliphatic rings. The van der Waals surface area contributed by atoms with Gasteiger partial charge in [-0.1, -0.05) is 25.7 Å². The Hall–Kier alpha value is -2.19. The lowest BCUT2D eigenvalue weighted by Crippen LogP contribution is -2.46. The van der Waals surface area contributed by atoms with E-state index in [2.05, 4.69) is 10.2 Å². The molecule has 2 aliphatic heterocycles. The summed E-state index contributed by atoms with van der Waals surface area (Å²) in [6.45, 7) is 2.76. The molecular formula is C26H36N4O3S. The lowest BCUT2D eigenvalue weighted by molar-refractivity contribution is -0.126. The largest absolute Gasteiger partial charge is 0.356 e. The van der Waals surface area contributed by atoms with Crippen LogP contribution in [-0.4, -0.2) is 55.8 Å². The Morgan fingerprint density at radius 2 is 1.65 bits per heavy atom. The maximum absolute atomic E-state index is 13.0. The van der Waals surface area contributed by atoms with E-state index in [1.165, 1.54) is 19.3 Å². The highest BCUT2D eigenvalue weighted by Crippen LogP contribution is 2.28. The number of amides is 1. The van der Waals surface area contributed by atoms with Crippen molar-refractivity contribution >= 4 is 32.7 Å². The van der Waals surface area contributed by atoms with Crippen LogP contribution in [0.5, 0.6) is 0 Å². The van der Waals surface area contributed by atoms with Gasteiger partial charge in [0.25, 0.3) is 0 Å². The highest BCUT2D eigenvalue weighted by molar-refractivity contribution is 7.89. The first kappa shape index (κ1) is 23.5. The molecule has 7 nitrogen and oxygen atoms in total. The molecule has 2 saturated heterocycles. The molecular weight excluding hydrogens is 448 g/mol. The Morgan fingerprint density at radius 3 is 2.44 bits per heavy atom. The lowest BCUT2D eigenvalue weighted by atomic mass is 9.93. The van der Waals surface area contributed by atoms with Crippen LogP contribution in [0.3, 0.4) is 0 Å². The van der Waals surface area contributed by atoms with Gasteiger partial charge in [0, 0.05) is 37.6 Å². The van der Waals surface area contributed by atoms with Crippen LogP contribution in [0.15, 0.2) is 35.2 Å². The van der Waals surface area contributed by atoms with Gasteiger partial charge in [0.05, 0.1) is 16.3 Å². The number of nitrogens with zero attached hydrogens (tertiary/aromatic N) is 3. The fourth-order valence-electron chi connectivity index (χ4n) is 5.65. The molecule has 184 valence electrons. The number of nitrogens with one attached hydrogen (secondary N) is 1. The van der Waals surface area contributed by atoms with Gasteiger partial charge in [-0.2, -0.15) is 4.31 Å². The summed E-state index contributed by atoms with van der Waals surface area (Å²) in [6, 6.07) is 9.49. The number of sulfonamides is 1. The predicted octanol–water partition coefficient (Wildman–Crippen LogP) is 4.07. The minimum Gasteiger partial charge on any atom is -0.356 e. The Balaban J connectivity index is 1.29. The fourth-order valence-corrected chi connectivity index (χ4v) is 7.20. The SMILES string of the molecule is O=C(NC1CCCCC1)C1CCCN(c2ccc3cc(S(=O)(=O)N4CCCCC4)ccc3n2)C1. The molecule has 1 N–H and O–H groups in total. The van der Waals surface area contributed by atoms with Gasteiger partial charge in [0.2, 0.25) is 15.9 Å². The summed E-state index contributed by atoms with van der Waals surface area (Å²) < 4.78 is 27.7. The van der Waals surface area contributed by atoms with Crippen LogP contribution in [0.2, 0.25) is 0 Å². The van der Waals surface area contributed by atoms with Crippen molar-refractivity contribution in [1.82, 2.24) is 14.6 Å². The molecule has 34 heavy (non-hydrogen) atoms. The predicted molar refractivity (Wildman–Crippen MR) is 134 cm³/mol. The molecule has 1 aromatic heterocycles. The van der Waals surface area contributed by atoms with Gasteiger partial charge in [0.15, 0.2) is 0 Å². The molecule has 8 heteroatoms. The van der Waals surface area contributed by atoms with Gasteiger partial charge in [-0.05, 0) is 68.9 Å². The van der Waals surface area contributed by atoms with E-state index in [9.17, 15) is 13.2 Å². The number of piperidine rings is 2. The first-order valence-corrected chi connectivity index (χ1v) is 14.4. The van der Waals surface area contributed by atoms with Crippen molar-refractivity contribution in [3.8, 4) is 0 Å². The van der Waals surface area contributed by atoms with Crippen LogP contribution in [0.25, 0.3) is 10.9 Å². The molecule has 1 unspecified atom stereocenters. The lowest BCUT2D eigenvalue weighted by Gasteiger charge is -2.34. The van der Waals surface area contributed by atoms with Crippen LogP contribution in [-0.2, 0) is 14.8 Å². The maximum atomic E-state index is 13.0. The minimum atomic E-state index is -3.46. The fraction of sp³-hybridized carbons (Fsp3) is 0.615. The summed E-state index contributed by atoms with van der Waals surface area (Å²) >= 11 is 0. The van der Waals surface area contributed by atoms with Crippen molar-refractivity contribution in [2.24, 2.45) is 5.92 Å². The second-order valence-electron chi connectivity index (χ2n) is 10.1. The van der Waals surface area contributed by atoms with Crippen molar-refractivity contribution in [3.63, 3.8) is 0 Å². The standard InChI is InChI=1S/C26H36N4O3S/c31-26(27-22-9-3-1-4-10-22)21-8-7-15-29(19-21)25-14-11-20-18-23(12-13-24(20)28-25)34(32,33)30-16-5-2-6-17-30/h11-14,18,21-22H,1-10,15-17,19H2,(H,27,31). The van der Waals surface area contributed by atoms with Crippen LogP contribution in [0.1, 0.15) is 64.2 Å². The number of carbonyl (C=O) groups is 1. The van der Waals surface area contributed by atoms with E-state index < -0.39 is 10.0 Å². The number of aromatic nitrogens is 1. The van der Waals surface area contributed by atoms with E-state index in [-0.39, 0.29) is 11.8 Å². The molecule has 0 radical (unpaired) electrons. The summed E-state index contributed by atoms with van der Waals surface area (Å²) in [4.78, 5) is 20.3. The second kappa shape index (κ2) is 10.2. The first-order valence-electron chi connectivity index (χ1n) is 13.0. The third-order valence-electron chi connectivity index (χ3n) is 7.67. The van der Waals surface area contributed by atoms with E-state index >= 15 is 0 Å². The van der Waals surface area contributed by atoms with Gasteiger partial charge in [-0.15, -0.1) is 0 Å². The number of pyridine rings is 1. The molecule has 5 rings (SSSR count). The van der Waals surface area contributed by atoms with Gasteiger partial charge in [-0.25, -0.2) is 13.4 Å². The van der Waals surface area contributed by atoms with E-state index in [4.69, 9.17) is 4.98 Å². The van der Waals surface area contributed by atoms with E-state index in [0.717, 1.165) is 68.2 Å². The van der Waals surface area contributed by atoms with Gasteiger partial charge in [0.1, 0.15) is 5.82 Å². The van der Waals surface area contributed by atoms with Crippen LogP contribution in [0, 0.1) is 5.92 Å². The van der Waals surface area contributed by atoms with Gasteiger partial charge < -0.3 is 10.2 Å². The average molecular weight is 485 g/mol. The minimum absolute atomic E-state index is 0.00904. The Kier molecular flexibility index (Phi) is 7.06. The summed E-state index contributed by atoms with van der Waals surface area (Å²) in [7, 11) is -3.46.